The van der Waals surface area contributed by atoms with Gasteiger partial charge in [0.2, 0.25) is 0 Å². The zero-order chi connectivity index (χ0) is 8.43. The first-order chi connectivity index (χ1) is 5.15. The van der Waals surface area contributed by atoms with Gasteiger partial charge >= 0.3 is 0 Å². The third-order valence-corrected chi connectivity index (χ3v) is 1.99. The normalized spacial score (nSPS) is 45.8. The summed E-state index contributed by atoms with van der Waals surface area (Å²) < 4.78 is 5.16. The molecule has 4 atom stereocenters. The van der Waals surface area contributed by atoms with E-state index in [9.17, 15) is 10.2 Å². The van der Waals surface area contributed by atoms with Gasteiger partial charge in [0.05, 0.1) is 24.9 Å². The molecule has 1 saturated heterocycles. The summed E-state index contributed by atoms with van der Waals surface area (Å²) in [5.41, 5.74) is 0. The standard InChI is InChI=1S/C7H14O4/c1-4-7(10)6(9)2-5(3-8)11-4/h4-10H,2-3H2,1H3/t4?,5?,6-,7-/m1/s1. The van der Waals surface area contributed by atoms with E-state index in [4.69, 9.17) is 9.84 Å². The predicted octanol–water partition coefficient (Wildman–Crippen LogP) is -1.12. The first-order valence-corrected chi connectivity index (χ1v) is 3.77. The number of hydrogen-bond acceptors (Lipinski definition) is 4. The van der Waals surface area contributed by atoms with Gasteiger partial charge in [0.15, 0.2) is 0 Å². The average molecular weight is 162 g/mol. The number of aliphatic hydroxyl groups is 3. The summed E-state index contributed by atoms with van der Waals surface area (Å²) in [5.74, 6) is 0. The monoisotopic (exact) mass is 162 g/mol. The lowest BCUT2D eigenvalue weighted by molar-refractivity contribution is -0.170. The Morgan fingerprint density at radius 3 is 2.55 bits per heavy atom. The van der Waals surface area contributed by atoms with Crippen LogP contribution < -0.4 is 0 Å². The maximum Gasteiger partial charge on any atom is 0.106 e. The van der Waals surface area contributed by atoms with Gasteiger partial charge in [-0.2, -0.15) is 0 Å². The van der Waals surface area contributed by atoms with E-state index in [2.05, 4.69) is 0 Å². The highest BCUT2D eigenvalue weighted by Crippen LogP contribution is 2.19. The van der Waals surface area contributed by atoms with Crippen molar-refractivity contribution in [3.05, 3.63) is 0 Å². The van der Waals surface area contributed by atoms with Crippen LogP contribution in [0.4, 0.5) is 0 Å². The minimum atomic E-state index is -0.821. The lowest BCUT2D eigenvalue weighted by Gasteiger charge is -2.34. The third-order valence-electron chi connectivity index (χ3n) is 1.99. The van der Waals surface area contributed by atoms with Crippen LogP contribution in [0.15, 0.2) is 0 Å². The highest BCUT2D eigenvalue weighted by Gasteiger charge is 2.33. The fraction of sp³-hybridized carbons (Fsp3) is 1.00. The molecule has 11 heavy (non-hydrogen) atoms. The second-order valence-electron chi connectivity index (χ2n) is 2.94. The van der Waals surface area contributed by atoms with Crippen LogP contribution in [0, 0.1) is 0 Å². The van der Waals surface area contributed by atoms with Crippen molar-refractivity contribution < 1.29 is 20.1 Å². The average Bonchev–Trinajstić information content (AvgIpc) is 1.99. The van der Waals surface area contributed by atoms with Gasteiger partial charge in [-0.1, -0.05) is 0 Å². The Balaban J connectivity index is 2.47. The molecule has 66 valence electrons. The van der Waals surface area contributed by atoms with Crippen LogP contribution in [-0.2, 0) is 4.74 Å². The van der Waals surface area contributed by atoms with E-state index >= 15 is 0 Å². The fourth-order valence-electron chi connectivity index (χ4n) is 1.28. The Morgan fingerprint density at radius 2 is 2.09 bits per heavy atom. The molecule has 0 radical (unpaired) electrons. The topological polar surface area (TPSA) is 69.9 Å². The Labute approximate surface area is 65.4 Å². The largest absolute Gasteiger partial charge is 0.394 e. The van der Waals surface area contributed by atoms with E-state index in [-0.39, 0.29) is 12.7 Å². The molecule has 0 aromatic heterocycles. The summed E-state index contributed by atoms with van der Waals surface area (Å²) in [6.07, 6.45) is -2.00. The second kappa shape index (κ2) is 3.49. The van der Waals surface area contributed by atoms with E-state index in [0.717, 1.165) is 0 Å². The maximum absolute atomic E-state index is 9.21. The Bertz CT molecular complexity index is 116. The van der Waals surface area contributed by atoms with Crippen LogP contribution >= 0.6 is 0 Å². The number of aliphatic hydroxyl groups excluding tert-OH is 3. The van der Waals surface area contributed by atoms with Crippen molar-refractivity contribution in [3.8, 4) is 0 Å². The van der Waals surface area contributed by atoms with Crippen molar-refractivity contribution in [3.63, 3.8) is 0 Å². The highest BCUT2D eigenvalue weighted by molar-refractivity contribution is 4.82. The fourth-order valence-corrected chi connectivity index (χ4v) is 1.28. The van der Waals surface area contributed by atoms with E-state index < -0.39 is 18.3 Å². The van der Waals surface area contributed by atoms with E-state index in [0.29, 0.717) is 6.42 Å². The summed E-state index contributed by atoms with van der Waals surface area (Å²) in [4.78, 5) is 0. The van der Waals surface area contributed by atoms with Gasteiger partial charge < -0.3 is 20.1 Å². The van der Waals surface area contributed by atoms with Gasteiger partial charge in [-0.25, -0.2) is 0 Å². The summed E-state index contributed by atoms with van der Waals surface area (Å²) in [7, 11) is 0. The van der Waals surface area contributed by atoms with Crippen molar-refractivity contribution in [2.24, 2.45) is 0 Å². The van der Waals surface area contributed by atoms with Crippen LogP contribution in [0.1, 0.15) is 13.3 Å². The molecule has 0 saturated carbocycles. The molecule has 0 aliphatic carbocycles. The molecule has 2 unspecified atom stereocenters. The highest BCUT2D eigenvalue weighted by atomic mass is 16.5. The molecule has 1 rings (SSSR count). The molecule has 1 aliphatic rings. The smallest absolute Gasteiger partial charge is 0.106 e. The molecular formula is C7H14O4. The van der Waals surface area contributed by atoms with E-state index in [1.54, 1.807) is 6.92 Å². The van der Waals surface area contributed by atoms with Crippen molar-refractivity contribution in [2.45, 2.75) is 37.8 Å². The third kappa shape index (κ3) is 1.90. The Kier molecular flexibility index (Phi) is 2.84. The molecule has 0 aromatic rings. The second-order valence-corrected chi connectivity index (χ2v) is 2.94. The van der Waals surface area contributed by atoms with Crippen molar-refractivity contribution in [2.75, 3.05) is 6.61 Å². The lowest BCUT2D eigenvalue weighted by atomic mass is 9.99. The minimum absolute atomic E-state index is 0.103. The van der Waals surface area contributed by atoms with E-state index in [1.807, 2.05) is 0 Å². The molecule has 1 heterocycles. The lowest BCUT2D eigenvalue weighted by Crippen LogP contribution is -2.47. The minimum Gasteiger partial charge on any atom is -0.394 e. The summed E-state index contributed by atoms with van der Waals surface area (Å²) in [6.45, 7) is 1.57. The van der Waals surface area contributed by atoms with Crippen molar-refractivity contribution >= 4 is 0 Å². The van der Waals surface area contributed by atoms with Crippen LogP contribution in [0.2, 0.25) is 0 Å². The number of ether oxygens (including phenoxy) is 1. The predicted molar refractivity (Wildman–Crippen MR) is 38.1 cm³/mol. The molecule has 0 amide bonds. The maximum atomic E-state index is 9.21. The zero-order valence-electron chi connectivity index (χ0n) is 6.47. The molecule has 0 spiro atoms. The Hall–Kier alpha value is -0.160. The first-order valence-electron chi connectivity index (χ1n) is 3.77. The first kappa shape index (κ1) is 8.93. The molecular weight excluding hydrogens is 148 g/mol. The number of rotatable bonds is 1. The Morgan fingerprint density at radius 1 is 1.45 bits per heavy atom. The van der Waals surface area contributed by atoms with Crippen LogP contribution in [0.5, 0.6) is 0 Å². The zero-order valence-corrected chi connectivity index (χ0v) is 6.47. The summed E-state index contributed by atoms with van der Waals surface area (Å²) in [5, 5.41) is 27.1. The molecule has 4 heteroatoms. The summed E-state index contributed by atoms with van der Waals surface area (Å²) in [6, 6.07) is 0. The van der Waals surface area contributed by atoms with Gasteiger partial charge in [-0.3, -0.25) is 0 Å². The number of hydrogen-bond donors (Lipinski definition) is 3. The molecule has 0 bridgehead atoms. The van der Waals surface area contributed by atoms with Gasteiger partial charge in [-0.05, 0) is 6.92 Å². The van der Waals surface area contributed by atoms with Gasteiger partial charge in [0.1, 0.15) is 6.10 Å². The van der Waals surface area contributed by atoms with Gasteiger partial charge in [0.25, 0.3) is 0 Å². The molecule has 1 aliphatic heterocycles. The van der Waals surface area contributed by atoms with Crippen LogP contribution in [-0.4, -0.2) is 46.3 Å². The van der Waals surface area contributed by atoms with Gasteiger partial charge in [-0.15, -0.1) is 0 Å². The van der Waals surface area contributed by atoms with Crippen LogP contribution in [0.3, 0.4) is 0 Å². The SMILES string of the molecule is CC1OC(CO)C[C@@H](O)[C@@H]1O. The van der Waals surface area contributed by atoms with Crippen molar-refractivity contribution in [1.82, 2.24) is 0 Å². The van der Waals surface area contributed by atoms with Gasteiger partial charge in [0, 0.05) is 6.42 Å². The molecule has 1 fully saturated rings. The molecule has 4 nitrogen and oxygen atoms in total. The quantitative estimate of drug-likeness (QED) is 0.456. The molecule has 0 aromatic carbocycles. The molecule has 3 N–H and O–H groups in total. The van der Waals surface area contributed by atoms with E-state index in [1.165, 1.54) is 0 Å². The van der Waals surface area contributed by atoms with Crippen molar-refractivity contribution in [1.29, 1.82) is 0 Å². The summed E-state index contributed by atoms with van der Waals surface area (Å²) >= 11 is 0. The van der Waals surface area contributed by atoms with Crippen LogP contribution in [0.25, 0.3) is 0 Å².